The van der Waals surface area contributed by atoms with Crippen molar-refractivity contribution >= 4 is 21.8 Å². The highest BCUT2D eigenvalue weighted by atomic mass is 79.9. The third kappa shape index (κ3) is 4.11. The van der Waals surface area contributed by atoms with Gasteiger partial charge in [-0.1, -0.05) is 22.9 Å². The van der Waals surface area contributed by atoms with Gasteiger partial charge in [0.2, 0.25) is 0 Å². The summed E-state index contributed by atoms with van der Waals surface area (Å²) in [5, 5.41) is 3.95. The Morgan fingerprint density at radius 1 is 1.53 bits per heavy atom. The third-order valence-corrected chi connectivity index (χ3v) is 3.41. The quantitative estimate of drug-likeness (QED) is 0.849. The Morgan fingerprint density at radius 3 is 2.71 bits per heavy atom. The van der Waals surface area contributed by atoms with E-state index in [4.69, 9.17) is 0 Å². The molecule has 0 spiro atoms. The molecule has 1 atom stereocenters. The van der Waals surface area contributed by atoms with Gasteiger partial charge in [0.25, 0.3) is 5.91 Å². The van der Waals surface area contributed by atoms with Crippen LogP contribution in [0.2, 0.25) is 0 Å². The van der Waals surface area contributed by atoms with Gasteiger partial charge in [0.1, 0.15) is 0 Å². The number of aromatic nitrogens is 1. The molecule has 0 fully saturated rings. The predicted molar refractivity (Wildman–Crippen MR) is 73.5 cm³/mol. The van der Waals surface area contributed by atoms with Crippen molar-refractivity contribution in [2.75, 3.05) is 5.33 Å². The number of amides is 1. The number of rotatable bonds is 5. The number of carbonyl (C=O) groups excluding carboxylic acids is 1. The maximum absolute atomic E-state index is 12.0. The highest BCUT2D eigenvalue weighted by molar-refractivity contribution is 9.09. The van der Waals surface area contributed by atoms with Crippen LogP contribution in [0.3, 0.4) is 0 Å². The number of pyridine rings is 1. The molecule has 4 heteroatoms. The maximum Gasteiger partial charge on any atom is 0.253 e. The molecule has 3 nitrogen and oxygen atoms in total. The van der Waals surface area contributed by atoms with Gasteiger partial charge < -0.3 is 5.32 Å². The summed E-state index contributed by atoms with van der Waals surface area (Å²) < 4.78 is 0. The first-order valence-electron chi connectivity index (χ1n) is 5.82. The van der Waals surface area contributed by atoms with Crippen molar-refractivity contribution in [2.45, 2.75) is 39.2 Å². The number of alkyl halides is 1. The van der Waals surface area contributed by atoms with Crippen molar-refractivity contribution in [1.82, 2.24) is 10.3 Å². The SMILES string of the molecule is CCC(C)(CCBr)NC(=O)c1ccc(C)nc1. The standard InChI is InChI=1S/C13H19BrN2O/c1-4-13(3,7-8-14)16-12(17)11-6-5-10(2)15-9-11/h5-6,9H,4,7-8H2,1-3H3,(H,16,17). The van der Waals surface area contributed by atoms with Gasteiger partial charge in [-0.15, -0.1) is 0 Å². The minimum Gasteiger partial charge on any atom is -0.347 e. The van der Waals surface area contributed by atoms with Gasteiger partial charge in [-0.25, -0.2) is 0 Å². The lowest BCUT2D eigenvalue weighted by atomic mass is 9.95. The van der Waals surface area contributed by atoms with E-state index in [1.807, 2.05) is 19.1 Å². The molecular weight excluding hydrogens is 280 g/mol. The topological polar surface area (TPSA) is 42.0 Å². The van der Waals surface area contributed by atoms with Crippen LogP contribution < -0.4 is 5.32 Å². The zero-order valence-corrected chi connectivity index (χ0v) is 12.2. The van der Waals surface area contributed by atoms with Crippen LogP contribution in [0, 0.1) is 6.92 Å². The van der Waals surface area contributed by atoms with Crippen LogP contribution in [0.5, 0.6) is 0 Å². The van der Waals surface area contributed by atoms with E-state index in [0.717, 1.165) is 23.9 Å². The molecule has 0 aromatic carbocycles. The summed E-state index contributed by atoms with van der Waals surface area (Å²) in [4.78, 5) is 16.2. The first kappa shape index (κ1) is 14.2. The Balaban J connectivity index is 2.74. The summed E-state index contributed by atoms with van der Waals surface area (Å²) in [7, 11) is 0. The molecule has 1 N–H and O–H groups in total. The summed E-state index contributed by atoms with van der Waals surface area (Å²) in [5.74, 6) is -0.0530. The lowest BCUT2D eigenvalue weighted by molar-refractivity contribution is 0.0901. The molecule has 0 aliphatic rings. The minimum atomic E-state index is -0.161. The second-order valence-corrected chi connectivity index (χ2v) is 5.29. The van der Waals surface area contributed by atoms with Gasteiger partial charge in [0, 0.05) is 22.8 Å². The van der Waals surface area contributed by atoms with Crippen molar-refractivity contribution in [3.8, 4) is 0 Å². The molecule has 1 rings (SSSR count). The summed E-state index contributed by atoms with van der Waals surface area (Å²) in [5.41, 5.74) is 1.37. The molecule has 1 aromatic rings. The van der Waals surface area contributed by atoms with Crippen molar-refractivity contribution in [3.05, 3.63) is 29.6 Å². The molecule has 0 saturated carbocycles. The van der Waals surface area contributed by atoms with Gasteiger partial charge in [0.15, 0.2) is 0 Å². The van der Waals surface area contributed by atoms with E-state index in [2.05, 4.69) is 40.1 Å². The van der Waals surface area contributed by atoms with Gasteiger partial charge in [-0.3, -0.25) is 9.78 Å². The average Bonchev–Trinajstić information content (AvgIpc) is 2.30. The zero-order valence-electron chi connectivity index (χ0n) is 10.6. The monoisotopic (exact) mass is 298 g/mol. The number of halogens is 1. The summed E-state index contributed by atoms with van der Waals surface area (Å²) in [6, 6.07) is 3.66. The number of aryl methyl sites for hydroxylation is 1. The Labute approximate surface area is 111 Å². The fourth-order valence-electron chi connectivity index (χ4n) is 1.48. The van der Waals surface area contributed by atoms with Gasteiger partial charge >= 0.3 is 0 Å². The third-order valence-electron chi connectivity index (χ3n) is 3.02. The summed E-state index contributed by atoms with van der Waals surface area (Å²) >= 11 is 3.42. The van der Waals surface area contributed by atoms with Gasteiger partial charge in [0.05, 0.1) is 5.56 Å². The van der Waals surface area contributed by atoms with Crippen LogP contribution in [0.25, 0.3) is 0 Å². The molecule has 94 valence electrons. The normalized spacial score (nSPS) is 14.1. The fraction of sp³-hybridized carbons (Fsp3) is 0.538. The van der Waals surface area contributed by atoms with E-state index < -0.39 is 0 Å². The van der Waals surface area contributed by atoms with Crippen LogP contribution >= 0.6 is 15.9 Å². The zero-order chi connectivity index (χ0) is 12.9. The smallest absolute Gasteiger partial charge is 0.253 e. The van der Waals surface area contributed by atoms with Crippen molar-refractivity contribution in [3.63, 3.8) is 0 Å². The van der Waals surface area contributed by atoms with E-state index in [-0.39, 0.29) is 11.4 Å². The highest BCUT2D eigenvalue weighted by Gasteiger charge is 2.23. The lowest BCUT2D eigenvalue weighted by Crippen LogP contribution is -2.45. The molecule has 1 unspecified atom stereocenters. The fourth-order valence-corrected chi connectivity index (χ4v) is 2.36. The number of nitrogens with zero attached hydrogens (tertiary/aromatic N) is 1. The minimum absolute atomic E-state index is 0.0530. The van der Waals surface area contributed by atoms with E-state index >= 15 is 0 Å². The van der Waals surface area contributed by atoms with E-state index in [0.29, 0.717) is 5.56 Å². The molecule has 1 heterocycles. The summed E-state index contributed by atoms with van der Waals surface area (Å²) in [6.45, 7) is 6.05. The number of hydrogen-bond acceptors (Lipinski definition) is 2. The van der Waals surface area contributed by atoms with Crippen LogP contribution in [-0.2, 0) is 0 Å². The first-order chi connectivity index (χ1) is 8.00. The molecule has 0 aliphatic heterocycles. The predicted octanol–water partition coefficient (Wildman–Crippen LogP) is 3.07. The number of nitrogens with one attached hydrogen (secondary N) is 1. The second kappa shape index (κ2) is 6.15. The maximum atomic E-state index is 12.0. The molecule has 1 aromatic heterocycles. The Bertz CT molecular complexity index is 378. The summed E-state index contributed by atoms with van der Waals surface area (Å²) in [6.07, 6.45) is 3.44. The molecular formula is C13H19BrN2O. The van der Waals surface area contributed by atoms with Crippen LogP contribution in [0.15, 0.2) is 18.3 Å². The van der Waals surface area contributed by atoms with Gasteiger partial charge in [-0.2, -0.15) is 0 Å². The Morgan fingerprint density at radius 2 is 2.24 bits per heavy atom. The molecule has 1 amide bonds. The first-order valence-corrected chi connectivity index (χ1v) is 6.94. The highest BCUT2D eigenvalue weighted by Crippen LogP contribution is 2.16. The number of hydrogen-bond donors (Lipinski definition) is 1. The molecule has 0 bridgehead atoms. The Hall–Kier alpha value is -0.900. The van der Waals surface area contributed by atoms with Crippen molar-refractivity contribution in [2.24, 2.45) is 0 Å². The number of carbonyl (C=O) groups is 1. The molecule has 17 heavy (non-hydrogen) atoms. The van der Waals surface area contributed by atoms with Crippen LogP contribution in [0.4, 0.5) is 0 Å². The lowest BCUT2D eigenvalue weighted by Gasteiger charge is -2.29. The second-order valence-electron chi connectivity index (χ2n) is 4.50. The van der Waals surface area contributed by atoms with E-state index in [1.54, 1.807) is 6.20 Å². The van der Waals surface area contributed by atoms with Crippen LogP contribution in [0.1, 0.15) is 42.7 Å². The molecule has 0 aliphatic carbocycles. The van der Waals surface area contributed by atoms with E-state index in [9.17, 15) is 4.79 Å². The van der Waals surface area contributed by atoms with E-state index in [1.165, 1.54) is 0 Å². The molecule has 0 radical (unpaired) electrons. The van der Waals surface area contributed by atoms with Crippen molar-refractivity contribution < 1.29 is 4.79 Å². The van der Waals surface area contributed by atoms with Gasteiger partial charge in [-0.05, 0) is 38.8 Å². The largest absolute Gasteiger partial charge is 0.347 e. The average molecular weight is 299 g/mol. The Kier molecular flexibility index (Phi) is 5.12. The van der Waals surface area contributed by atoms with Crippen molar-refractivity contribution in [1.29, 1.82) is 0 Å². The molecule has 0 saturated heterocycles. The van der Waals surface area contributed by atoms with Crippen LogP contribution in [-0.4, -0.2) is 21.8 Å².